The van der Waals surface area contributed by atoms with Gasteiger partial charge < -0.3 is 20.5 Å². The first-order valence-electron chi connectivity index (χ1n) is 9.69. The van der Waals surface area contributed by atoms with Crippen LogP contribution in [0.4, 0.5) is 5.69 Å². The van der Waals surface area contributed by atoms with Crippen molar-refractivity contribution in [3.63, 3.8) is 0 Å². The average Bonchev–Trinajstić information content (AvgIpc) is 2.88. The second-order valence-corrected chi connectivity index (χ2v) is 6.94. The number of hydrogen-bond acceptors (Lipinski definition) is 4. The summed E-state index contributed by atoms with van der Waals surface area (Å²) >= 11 is 0. The molecule has 1 aromatic heterocycles. The van der Waals surface area contributed by atoms with Crippen LogP contribution < -0.4 is 20.5 Å². The number of nitrogens with one attached hydrogen (secondary N) is 1. The molecular formula is C22H26IN5O2. The number of nitrogens with two attached hydrogens (primary N) is 1. The largest absolute Gasteiger partial charge is 0.490 e. The molecule has 0 atom stereocenters. The molecule has 0 fully saturated rings. The summed E-state index contributed by atoms with van der Waals surface area (Å²) in [5, 5.41) is 7.78. The fraction of sp³-hybridized carbons (Fsp3) is 0.273. The number of hydrogen-bond donors (Lipinski definition) is 2. The summed E-state index contributed by atoms with van der Waals surface area (Å²) < 4.78 is 13.3. The molecule has 4 rings (SSSR count). The quantitative estimate of drug-likeness (QED) is 0.307. The van der Waals surface area contributed by atoms with E-state index in [-0.39, 0.29) is 24.0 Å². The fourth-order valence-corrected chi connectivity index (χ4v) is 3.32. The Labute approximate surface area is 193 Å². The lowest BCUT2D eigenvalue weighted by molar-refractivity contribution is 0.297. The molecule has 0 saturated heterocycles. The highest BCUT2D eigenvalue weighted by atomic mass is 127. The van der Waals surface area contributed by atoms with Gasteiger partial charge in [0.05, 0.1) is 31.1 Å². The topological polar surface area (TPSA) is 86.7 Å². The maximum absolute atomic E-state index is 6.12. The molecule has 0 unspecified atom stereocenters. The van der Waals surface area contributed by atoms with Crippen molar-refractivity contribution in [3.8, 4) is 17.2 Å². The summed E-state index contributed by atoms with van der Waals surface area (Å²) in [6.07, 6.45) is 0.871. The van der Waals surface area contributed by atoms with E-state index in [0.29, 0.717) is 25.7 Å². The summed E-state index contributed by atoms with van der Waals surface area (Å²) in [6.45, 7) is 5.80. The summed E-state index contributed by atoms with van der Waals surface area (Å²) in [6, 6.07) is 15.7. The van der Waals surface area contributed by atoms with Gasteiger partial charge in [0.1, 0.15) is 0 Å². The van der Waals surface area contributed by atoms with E-state index in [9.17, 15) is 0 Å². The first-order chi connectivity index (χ1) is 14.1. The van der Waals surface area contributed by atoms with Gasteiger partial charge in [-0.25, -0.2) is 9.67 Å². The third-order valence-corrected chi connectivity index (χ3v) is 4.87. The van der Waals surface area contributed by atoms with Crippen molar-refractivity contribution in [1.29, 1.82) is 0 Å². The Morgan fingerprint density at radius 3 is 2.60 bits per heavy atom. The number of para-hydroxylation sites is 1. The zero-order chi connectivity index (χ0) is 20.2. The number of halogens is 1. The highest BCUT2D eigenvalue weighted by Gasteiger charge is 2.13. The van der Waals surface area contributed by atoms with Gasteiger partial charge in [-0.3, -0.25) is 0 Å². The number of nitrogens with zero attached hydrogens (tertiary/aromatic N) is 3. The van der Waals surface area contributed by atoms with Gasteiger partial charge in [0.2, 0.25) is 0 Å². The van der Waals surface area contributed by atoms with E-state index in [1.165, 1.54) is 0 Å². The highest BCUT2D eigenvalue weighted by Crippen LogP contribution is 2.32. The molecule has 3 N–H and O–H groups in total. The molecule has 1 aliphatic rings. The highest BCUT2D eigenvalue weighted by molar-refractivity contribution is 14.0. The molecule has 0 spiro atoms. The van der Waals surface area contributed by atoms with Gasteiger partial charge in [-0.15, -0.1) is 24.0 Å². The van der Waals surface area contributed by atoms with Crippen LogP contribution in [0.2, 0.25) is 0 Å². The van der Waals surface area contributed by atoms with Crippen molar-refractivity contribution < 1.29 is 9.47 Å². The maximum atomic E-state index is 6.12. The van der Waals surface area contributed by atoms with Gasteiger partial charge in [0.15, 0.2) is 17.5 Å². The Kier molecular flexibility index (Phi) is 7.20. The van der Waals surface area contributed by atoms with Crippen LogP contribution >= 0.6 is 24.0 Å². The van der Waals surface area contributed by atoms with Crippen LogP contribution in [0.1, 0.15) is 23.4 Å². The molecule has 0 aliphatic carbocycles. The lowest BCUT2D eigenvalue weighted by Gasteiger charge is -2.11. The zero-order valence-electron chi connectivity index (χ0n) is 17.1. The van der Waals surface area contributed by atoms with Crippen molar-refractivity contribution >= 4 is 35.6 Å². The van der Waals surface area contributed by atoms with Gasteiger partial charge in [-0.05, 0) is 38.1 Å². The zero-order valence-corrected chi connectivity index (χ0v) is 19.4. The van der Waals surface area contributed by atoms with Gasteiger partial charge in [-0.2, -0.15) is 5.10 Å². The number of aliphatic imine (C=N–C) groups is 1. The minimum atomic E-state index is 0. The van der Waals surface area contributed by atoms with Gasteiger partial charge in [0.25, 0.3) is 0 Å². The van der Waals surface area contributed by atoms with Crippen LogP contribution in [0.3, 0.4) is 0 Å². The molecule has 30 heavy (non-hydrogen) atoms. The number of fused-ring (bicyclic) bond motifs is 1. The minimum Gasteiger partial charge on any atom is -0.490 e. The second kappa shape index (κ2) is 9.84. The number of benzene rings is 2. The molecule has 7 nitrogen and oxygen atoms in total. The molecule has 158 valence electrons. The maximum Gasteiger partial charge on any atom is 0.193 e. The molecule has 0 radical (unpaired) electrons. The number of aryl methyl sites for hydroxylation is 1. The molecule has 3 aromatic rings. The summed E-state index contributed by atoms with van der Waals surface area (Å²) in [4.78, 5) is 4.51. The van der Waals surface area contributed by atoms with E-state index >= 15 is 0 Å². The lowest BCUT2D eigenvalue weighted by Crippen LogP contribution is -2.22. The molecule has 2 heterocycles. The molecule has 1 aliphatic heterocycles. The molecule has 0 bridgehead atoms. The van der Waals surface area contributed by atoms with Crippen LogP contribution in [0, 0.1) is 13.8 Å². The summed E-state index contributed by atoms with van der Waals surface area (Å²) in [5.41, 5.74) is 11.0. The number of ether oxygens (including phenoxy) is 2. The Morgan fingerprint density at radius 1 is 1.10 bits per heavy atom. The Hall–Kier alpha value is -2.75. The Bertz CT molecular complexity index is 1030. The van der Waals surface area contributed by atoms with Gasteiger partial charge in [-0.1, -0.05) is 18.2 Å². The minimum absolute atomic E-state index is 0. The first kappa shape index (κ1) is 21.9. The van der Waals surface area contributed by atoms with Gasteiger partial charge >= 0.3 is 0 Å². The number of aromatic nitrogens is 2. The molecule has 8 heteroatoms. The van der Waals surface area contributed by atoms with E-state index in [1.807, 2.05) is 67.1 Å². The van der Waals surface area contributed by atoms with Crippen LogP contribution in [0.25, 0.3) is 5.69 Å². The standard InChI is InChI=1S/C22H25N5O2.HI/c1-15-19(16(2)27(26-15)18-7-4-3-5-8-18)14-24-22(23)25-17-9-10-20-21(13-17)29-12-6-11-28-20;/h3-5,7-10,13H,6,11-12,14H2,1-2H3,(H3,23,24,25);1H. The first-order valence-corrected chi connectivity index (χ1v) is 9.69. The SMILES string of the molecule is Cc1nn(-c2ccccc2)c(C)c1CN=C(N)Nc1ccc2c(c1)OCCCO2.I. The summed E-state index contributed by atoms with van der Waals surface area (Å²) in [5.74, 6) is 1.81. The van der Waals surface area contributed by atoms with Crippen molar-refractivity contribution in [2.24, 2.45) is 10.7 Å². The third-order valence-electron chi connectivity index (χ3n) is 4.87. The van der Waals surface area contributed by atoms with E-state index in [1.54, 1.807) is 0 Å². The Morgan fingerprint density at radius 2 is 1.83 bits per heavy atom. The average molecular weight is 519 g/mol. The number of guanidine groups is 1. The normalized spacial score (nSPS) is 13.3. The number of anilines is 1. The van der Waals surface area contributed by atoms with Crippen LogP contribution in [-0.2, 0) is 6.54 Å². The van der Waals surface area contributed by atoms with Crippen LogP contribution in [0.5, 0.6) is 11.5 Å². The van der Waals surface area contributed by atoms with Crippen LogP contribution in [0.15, 0.2) is 53.5 Å². The van der Waals surface area contributed by atoms with E-state index in [0.717, 1.165) is 46.2 Å². The second-order valence-electron chi connectivity index (χ2n) is 6.94. The Balaban J connectivity index is 0.00000256. The molecule has 0 amide bonds. The molecule has 2 aromatic carbocycles. The smallest absolute Gasteiger partial charge is 0.193 e. The number of rotatable bonds is 4. The van der Waals surface area contributed by atoms with Crippen molar-refractivity contribution in [3.05, 3.63) is 65.5 Å². The van der Waals surface area contributed by atoms with Gasteiger partial charge in [0, 0.05) is 29.4 Å². The predicted octanol–water partition coefficient (Wildman–Crippen LogP) is 4.20. The van der Waals surface area contributed by atoms with Crippen molar-refractivity contribution in [1.82, 2.24) is 9.78 Å². The molecular weight excluding hydrogens is 493 g/mol. The van der Waals surface area contributed by atoms with E-state index in [4.69, 9.17) is 15.2 Å². The lowest BCUT2D eigenvalue weighted by atomic mass is 10.2. The monoisotopic (exact) mass is 519 g/mol. The predicted molar refractivity (Wildman–Crippen MR) is 129 cm³/mol. The fourth-order valence-electron chi connectivity index (χ4n) is 3.32. The third kappa shape index (κ3) is 4.86. The summed E-state index contributed by atoms with van der Waals surface area (Å²) in [7, 11) is 0. The van der Waals surface area contributed by atoms with E-state index < -0.39 is 0 Å². The van der Waals surface area contributed by atoms with E-state index in [2.05, 4.69) is 15.4 Å². The van der Waals surface area contributed by atoms with Crippen molar-refractivity contribution in [2.75, 3.05) is 18.5 Å². The molecule has 0 saturated carbocycles. The van der Waals surface area contributed by atoms with Crippen molar-refractivity contribution in [2.45, 2.75) is 26.8 Å². The van der Waals surface area contributed by atoms with Crippen LogP contribution in [-0.4, -0.2) is 29.0 Å².